The van der Waals surface area contributed by atoms with Gasteiger partial charge in [0.2, 0.25) is 0 Å². The van der Waals surface area contributed by atoms with Crippen molar-refractivity contribution in [1.29, 1.82) is 0 Å². The highest BCUT2D eigenvalue weighted by molar-refractivity contribution is 7.26. The molecule has 0 spiro atoms. The first-order chi connectivity index (χ1) is 34.7. The van der Waals surface area contributed by atoms with Crippen LogP contribution in [0.1, 0.15) is 22.3 Å². The maximum Gasteiger partial charge on any atom is 0.0713 e. The summed E-state index contributed by atoms with van der Waals surface area (Å²) in [6.07, 6.45) is 0. The lowest BCUT2D eigenvalue weighted by atomic mass is 9.68. The predicted octanol–water partition coefficient (Wildman–Crippen LogP) is 18.3. The number of benzene rings is 11. The number of hydrogen-bond donors (Lipinski definition) is 0. The van der Waals surface area contributed by atoms with Gasteiger partial charge in [0.15, 0.2) is 0 Å². The molecule has 0 atom stereocenters. The lowest BCUT2D eigenvalue weighted by molar-refractivity contribution is 0.768. The summed E-state index contributed by atoms with van der Waals surface area (Å²) in [5.41, 5.74) is 18.9. The van der Waals surface area contributed by atoms with E-state index in [0.29, 0.717) is 0 Å². The average Bonchev–Trinajstić information content (AvgIpc) is 4.09. The van der Waals surface area contributed by atoms with Gasteiger partial charge in [-0.1, -0.05) is 194 Å². The van der Waals surface area contributed by atoms with Crippen LogP contribution in [-0.2, 0) is 5.41 Å². The van der Waals surface area contributed by atoms with Crippen molar-refractivity contribution in [1.82, 2.24) is 4.57 Å². The summed E-state index contributed by atoms with van der Waals surface area (Å²) >= 11 is 1.88. The first-order valence-corrected chi connectivity index (χ1v) is 24.9. The molecule has 14 rings (SSSR count). The molecule has 13 aromatic rings. The summed E-state index contributed by atoms with van der Waals surface area (Å²) in [5.74, 6) is 0. The number of fused-ring (bicyclic) bond motifs is 9. The van der Waals surface area contributed by atoms with Crippen LogP contribution in [0.25, 0.3) is 81.0 Å². The van der Waals surface area contributed by atoms with Crippen LogP contribution in [0.15, 0.2) is 267 Å². The third kappa shape index (κ3) is 6.19. The molecule has 2 heterocycles. The molecule has 0 bridgehead atoms. The van der Waals surface area contributed by atoms with Crippen molar-refractivity contribution in [2.75, 3.05) is 4.90 Å². The van der Waals surface area contributed by atoms with Gasteiger partial charge in [-0.05, 0) is 128 Å². The van der Waals surface area contributed by atoms with Gasteiger partial charge in [0.05, 0.1) is 16.4 Å². The Bertz CT molecular complexity index is 4010. The molecule has 0 unspecified atom stereocenters. The van der Waals surface area contributed by atoms with Crippen LogP contribution in [-0.4, -0.2) is 4.57 Å². The number of anilines is 3. The molecule has 2 aromatic heterocycles. The smallest absolute Gasteiger partial charge is 0.0713 e. The first kappa shape index (κ1) is 40.3. The minimum Gasteiger partial charge on any atom is -0.311 e. The highest BCUT2D eigenvalue weighted by Gasteiger charge is 2.45. The zero-order valence-electron chi connectivity index (χ0n) is 38.2. The second-order valence-corrected chi connectivity index (χ2v) is 19.4. The topological polar surface area (TPSA) is 8.17 Å². The normalized spacial score (nSPS) is 12.7. The van der Waals surface area contributed by atoms with Crippen LogP contribution < -0.4 is 4.90 Å². The maximum absolute atomic E-state index is 2.40. The quantitative estimate of drug-likeness (QED) is 0.147. The van der Waals surface area contributed by atoms with Gasteiger partial charge in [0.25, 0.3) is 0 Å². The zero-order valence-corrected chi connectivity index (χ0v) is 39.0. The van der Waals surface area contributed by atoms with Gasteiger partial charge in [-0.15, -0.1) is 11.3 Å². The van der Waals surface area contributed by atoms with E-state index in [9.17, 15) is 0 Å². The van der Waals surface area contributed by atoms with Crippen LogP contribution >= 0.6 is 11.3 Å². The van der Waals surface area contributed by atoms with E-state index in [4.69, 9.17) is 0 Å². The monoisotopic (exact) mass is 908 g/mol. The molecule has 2 nitrogen and oxygen atoms in total. The molecular formula is C67H44N2S. The second-order valence-electron chi connectivity index (χ2n) is 18.4. The third-order valence-electron chi connectivity index (χ3n) is 14.7. The van der Waals surface area contributed by atoms with Gasteiger partial charge in [-0.25, -0.2) is 0 Å². The van der Waals surface area contributed by atoms with Gasteiger partial charge in [-0.2, -0.15) is 0 Å². The van der Waals surface area contributed by atoms with Gasteiger partial charge in [0, 0.05) is 53.7 Å². The van der Waals surface area contributed by atoms with Crippen molar-refractivity contribution in [2.45, 2.75) is 5.41 Å². The Balaban J connectivity index is 0.888. The lowest BCUT2D eigenvalue weighted by Crippen LogP contribution is -2.28. The Morgan fingerprint density at radius 2 is 0.814 bits per heavy atom. The van der Waals surface area contributed by atoms with Crippen molar-refractivity contribution in [3.8, 4) is 39.1 Å². The average molecular weight is 909 g/mol. The highest BCUT2D eigenvalue weighted by Crippen LogP contribution is 2.56. The van der Waals surface area contributed by atoms with Crippen LogP contribution in [0.4, 0.5) is 17.1 Å². The number of rotatable bonds is 8. The lowest BCUT2D eigenvalue weighted by Gasteiger charge is -2.34. The van der Waals surface area contributed by atoms with Gasteiger partial charge < -0.3 is 9.47 Å². The predicted molar refractivity (Wildman–Crippen MR) is 297 cm³/mol. The molecule has 11 aromatic carbocycles. The van der Waals surface area contributed by atoms with E-state index in [0.717, 1.165) is 22.7 Å². The van der Waals surface area contributed by atoms with Crippen LogP contribution in [0.5, 0.6) is 0 Å². The van der Waals surface area contributed by atoms with E-state index in [1.807, 2.05) is 11.3 Å². The fraction of sp³-hybridized carbons (Fsp3) is 0.0149. The van der Waals surface area contributed by atoms with E-state index in [1.165, 1.54) is 97.6 Å². The Hall–Kier alpha value is -8.76. The van der Waals surface area contributed by atoms with E-state index in [-0.39, 0.29) is 0 Å². The van der Waals surface area contributed by atoms with Crippen molar-refractivity contribution in [3.05, 3.63) is 289 Å². The molecule has 0 aliphatic heterocycles. The second kappa shape index (κ2) is 16.2. The summed E-state index contributed by atoms with van der Waals surface area (Å²) in [5, 5.41) is 5.15. The van der Waals surface area contributed by atoms with E-state index >= 15 is 0 Å². The summed E-state index contributed by atoms with van der Waals surface area (Å²) in [7, 11) is 0. The molecule has 0 amide bonds. The Morgan fingerprint density at radius 1 is 0.329 bits per heavy atom. The minimum absolute atomic E-state index is 0.472. The zero-order chi connectivity index (χ0) is 46.2. The summed E-state index contributed by atoms with van der Waals surface area (Å²) in [4.78, 5) is 2.40. The Labute approximate surface area is 411 Å². The molecule has 1 aliphatic rings. The van der Waals surface area contributed by atoms with Crippen LogP contribution in [0.3, 0.4) is 0 Å². The van der Waals surface area contributed by atoms with Crippen molar-refractivity contribution in [2.24, 2.45) is 0 Å². The number of para-hydroxylation sites is 2. The Kier molecular flexibility index (Phi) is 9.33. The van der Waals surface area contributed by atoms with Crippen LogP contribution in [0, 0.1) is 0 Å². The molecule has 0 radical (unpaired) electrons. The molecular weight excluding hydrogens is 865 g/mol. The molecule has 70 heavy (non-hydrogen) atoms. The van der Waals surface area contributed by atoms with Crippen LogP contribution in [0.2, 0.25) is 0 Å². The Morgan fingerprint density at radius 3 is 1.49 bits per heavy atom. The number of nitrogens with zero attached hydrogens (tertiary/aromatic N) is 2. The largest absolute Gasteiger partial charge is 0.311 e. The van der Waals surface area contributed by atoms with Crippen molar-refractivity contribution >= 4 is 70.4 Å². The van der Waals surface area contributed by atoms with Gasteiger partial charge >= 0.3 is 0 Å². The molecule has 0 saturated heterocycles. The molecule has 1 aliphatic carbocycles. The van der Waals surface area contributed by atoms with E-state index in [2.05, 4.69) is 276 Å². The van der Waals surface area contributed by atoms with Crippen molar-refractivity contribution < 1.29 is 0 Å². The van der Waals surface area contributed by atoms with E-state index < -0.39 is 5.41 Å². The van der Waals surface area contributed by atoms with E-state index in [1.54, 1.807) is 0 Å². The summed E-state index contributed by atoms with van der Waals surface area (Å²) in [6, 6.07) is 98.4. The van der Waals surface area contributed by atoms with Gasteiger partial charge in [0.1, 0.15) is 0 Å². The highest BCUT2D eigenvalue weighted by atomic mass is 32.1. The summed E-state index contributed by atoms with van der Waals surface area (Å²) < 4.78 is 5.04. The molecule has 328 valence electrons. The van der Waals surface area contributed by atoms with Crippen molar-refractivity contribution in [3.63, 3.8) is 0 Å². The number of aromatic nitrogens is 1. The SMILES string of the molecule is c1ccc(C2(c3ccc(N(c4ccc(-c5cccc(-c6cccc7c6sc6ccccc67)c5)cc4)c4ccc(-n5c6ccccc6c6ccccc65)cc4)cc3)c3ccccc3-c3ccccc32)cc1. The molecule has 3 heteroatoms. The minimum atomic E-state index is -0.472. The standard InChI is InChI=1S/C67H44N2S/c1-2-18-48(19-3-1)67(61-27-9-4-20-55(61)56-21-5-10-28-62(56)67)49-34-38-51(39-35-49)68(52-40-42-53(43-41-52)69-63-29-11-6-22-57(63)58-23-7-12-30-64(58)69)50-36-32-45(33-37-50)46-16-14-17-47(44-46)54-25-15-26-60-59-24-8-13-31-65(59)70-66(54)60/h1-44H. The number of thiophene rings is 1. The fourth-order valence-electron chi connectivity index (χ4n) is 11.6. The fourth-order valence-corrected chi connectivity index (χ4v) is 12.9. The number of hydrogen-bond acceptors (Lipinski definition) is 2. The maximum atomic E-state index is 2.40. The molecule has 0 saturated carbocycles. The third-order valence-corrected chi connectivity index (χ3v) is 15.9. The first-order valence-electron chi connectivity index (χ1n) is 24.1. The molecule has 0 N–H and O–H groups in total. The summed E-state index contributed by atoms with van der Waals surface area (Å²) in [6.45, 7) is 0. The molecule has 0 fully saturated rings. The van der Waals surface area contributed by atoms with Gasteiger partial charge in [-0.3, -0.25) is 0 Å².